The van der Waals surface area contributed by atoms with Gasteiger partial charge in [-0.25, -0.2) is 4.79 Å². The molecule has 0 aromatic heterocycles. The zero-order valence-electron chi connectivity index (χ0n) is 7.47. The van der Waals surface area contributed by atoms with Gasteiger partial charge in [0.15, 0.2) is 0 Å². The molecule has 0 saturated carbocycles. The maximum atomic E-state index is 10.5. The minimum Gasteiger partial charge on any atom is -0.459 e. The second-order valence-electron chi connectivity index (χ2n) is 2.79. The Morgan fingerprint density at radius 3 is 2.27 bits per heavy atom. The summed E-state index contributed by atoms with van der Waals surface area (Å²) in [6.07, 6.45) is 0. The number of carbonyl (C=O) groups is 1. The summed E-state index contributed by atoms with van der Waals surface area (Å²) in [6, 6.07) is 0. The van der Waals surface area contributed by atoms with Gasteiger partial charge in [-0.2, -0.15) is 0 Å². The highest BCUT2D eigenvalue weighted by molar-refractivity contribution is 5.88. The Labute approximate surface area is 67.9 Å². The summed E-state index contributed by atoms with van der Waals surface area (Å²) in [5, 5.41) is 0. The monoisotopic (exact) mass is 154 g/mol. The number of carbonyl (C=O) groups excluding carboxylic acids is 1. The lowest BCUT2D eigenvalue weighted by molar-refractivity contribution is -0.133. The number of methoxy groups -OCH3 is 1. The van der Waals surface area contributed by atoms with E-state index in [1.807, 2.05) is 6.92 Å². The first-order valence-electron chi connectivity index (χ1n) is 3.67. The molecule has 62 valence electrons. The SMILES string of the molecule is COC(=O)C#CC(C)C(C)C. The number of rotatable bonds is 1. The zero-order valence-corrected chi connectivity index (χ0v) is 7.47. The summed E-state index contributed by atoms with van der Waals surface area (Å²) in [5.41, 5.74) is 0. The van der Waals surface area contributed by atoms with Gasteiger partial charge in [-0.3, -0.25) is 0 Å². The molecular weight excluding hydrogens is 140 g/mol. The number of hydrogen-bond donors (Lipinski definition) is 0. The Kier molecular flexibility index (Phi) is 4.36. The largest absolute Gasteiger partial charge is 0.459 e. The van der Waals surface area contributed by atoms with Crippen LogP contribution in [0.4, 0.5) is 0 Å². The molecule has 0 heterocycles. The van der Waals surface area contributed by atoms with E-state index in [9.17, 15) is 4.79 Å². The van der Waals surface area contributed by atoms with Crippen molar-refractivity contribution in [3.05, 3.63) is 0 Å². The maximum absolute atomic E-state index is 10.5. The van der Waals surface area contributed by atoms with Gasteiger partial charge in [0.1, 0.15) is 0 Å². The molecule has 0 saturated heterocycles. The lowest BCUT2D eigenvalue weighted by Crippen LogP contribution is -2.02. The minimum atomic E-state index is -0.461. The molecule has 11 heavy (non-hydrogen) atoms. The van der Waals surface area contributed by atoms with E-state index < -0.39 is 5.97 Å². The van der Waals surface area contributed by atoms with Gasteiger partial charge in [0.2, 0.25) is 0 Å². The van der Waals surface area contributed by atoms with Crippen molar-refractivity contribution in [1.29, 1.82) is 0 Å². The quantitative estimate of drug-likeness (QED) is 0.324. The summed E-state index contributed by atoms with van der Waals surface area (Å²) < 4.78 is 4.37. The van der Waals surface area contributed by atoms with Crippen molar-refractivity contribution in [3.63, 3.8) is 0 Å². The topological polar surface area (TPSA) is 26.3 Å². The van der Waals surface area contributed by atoms with Crippen molar-refractivity contribution in [1.82, 2.24) is 0 Å². The molecule has 1 unspecified atom stereocenters. The highest BCUT2D eigenvalue weighted by Crippen LogP contribution is 2.06. The summed E-state index contributed by atoms with van der Waals surface area (Å²) in [6.45, 7) is 6.12. The summed E-state index contributed by atoms with van der Waals surface area (Å²) in [4.78, 5) is 10.5. The van der Waals surface area contributed by atoms with Gasteiger partial charge in [-0.15, -0.1) is 0 Å². The Balaban J connectivity index is 3.96. The Hall–Kier alpha value is -0.970. The third-order valence-corrected chi connectivity index (χ3v) is 1.59. The van der Waals surface area contributed by atoms with Crippen molar-refractivity contribution < 1.29 is 9.53 Å². The van der Waals surface area contributed by atoms with Crippen molar-refractivity contribution in [2.45, 2.75) is 20.8 Å². The lowest BCUT2D eigenvalue weighted by Gasteiger charge is -2.05. The molecule has 2 nitrogen and oxygen atoms in total. The first-order valence-corrected chi connectivity index (χ1v) is 3.67. The summed E-state index contributed by atoms with van der Waals surface area (Å²) >= 11 is 0. The Morgan fingerprint density at radius 1 is 1.36 bits per heavy atom. The van der Waals surface area contributed by atoms with Crippen LogP contribution in [0.25, 0.3) is 0 Å². The fourth-order valence-electron chi connectivity index (χ4n) is 0.390. The van der Waals surface area contributed by atoms with Crippen molar-refractivity contribution >= 4 is 5.97 Å². The first-order chi connectivity index (χ1) is 5.07. The van der Waals surface area contributed by atoms with E-state index in [1.54, 1.807) is 0 Å². The Morgan fingerprint density at radius 2 is 1.91 bits per heavy atom. The standard InChI is InChI=1S/C9H14O2/c1-7(2)8(3)5-6-9(10)11-4/h7-8H,1-4H3. The number of hydrogen-bond acceptors (Lipinski definition) is 2. The molecule has 0 aliphatic carbocycles. The Bertz CT molecular complexity index is 183. The van der Waals surface area contributed by atoms with E-state index >= 15 is 0 Å². The van der Waals surface area contributed by atoms with Crippen LogP contribution in [0, 0.1) is 23.7 Å². The molecule has 0 amide bonds. The third-order valence-electron chi connectivity index (χ3n) is 1.59. The van der Waals surface area contributed by atoms with Crippen LogP contribution in [0.1, 0.15) is 20.8 Å². The third kappa shape index (κ3) is 4.44. The molecule has 0 N–H and O–H groups in total. The molecule has 0 aromatic carbocycles. The smallest absolute Gasteiger partial charge is 0.384 e. The van der Waals surface area contributed by atoms with Gasteiger partial charge < -0.3 is 4.74 Å². The van der Waals surface area contributed by atoms with E-state index in [4.69, 9.17) is 0 Å². The van der Waals surface area contributed by atoms with Crippen LogP contribution < -0.4 is 0 Å². The van der Waals surface area contributed by atoms with Gasteiger partial charge >= 0.3 is 5.97 Å². The molecule has 0 radical (unpaired) electrons. The first kappa shape index (κ1) is 10.0. The van der Waals surface area contributed by atoms with Crippen LogP contribution in [0.15, 0.2) is 0 Å². The fraction of sp³-hybridized carbons (Fsp3) is 0.667. The molecular formula is C9H14O2. The van der Waals surface area contributed by atoms with Gasteiger partial charge in [-0.1, -0.05) is 26.7 Å². The van der Waals surface area contributed by atoms with Gasteiger partial charge in [0, 0.05) is 11.8 Å². The van der Waals surface area contributed by atoms with Crippen LogP contribution in [0.5, 0.6) is 0 Å². The average Bonchev–Trinajstić information content (AvgIpc) is 1.99. The van der Waals surface area contributed by atoms with Crippen LogP contribution >= 0.6 is 0 Å². The minimum absolute atomic E-state index is 0.245. The van der Waals surface area contributed by atoms with Crippen LogP contribution in [0.2, 0.25) is 0 Å². The second kappa shape index (κ2) is 4.79. The van der Waals surface area contributed by atoms with Crippen molar-refractivity contribution in [2.24, 2.45) is 11.8 Å². The van der Waals surface area contributed by atoms with E-state index in [0.717, 1.165) is 0 Å². The predicted octanol–water partition coefficient (Wildman–Crippen LogP) is 1.45. The molecule has 0 aliphatic heterocycles. The molecule has 0 spiro atoms. The van der Waals surface area contributed by atoms with E-state index in [1.165, 1.54) is 7.11 Å². The average molecular weight is 154 g/mol. The van der Waals surface area contributed by atoms with E-state index in [0.29, 0.717) is 5.92 Å². The van der Waals surface area contributed by atoms with Gasteiger partial charge in [0.05, 0.1) is 7.11 Å². The van der Waals surface area contributed by atoms with Crippen LogP contribution in [0.3, 0.4) is 0 Å². The molecule has 0 aliphatic rings. The molecule has 0 fully saturated rings. The van der Waals surface area contributed by atoms with Crippen molar-refractivity contribution in [3.8, 4) is 11.8 Å². The molecule has 0 aromatic rings. The van der Waals surface area contributed by atoms with Crippen LogP contribution in [-0.2, 0) is 9.53 Å². The molecule has 2 heteroatoms. The molecule has 0 bridgehead atoms. The summed E-state index contributed by atoms with van der Waals surface area (Å²) in [7, 11) is 1.33. The second-order valence-corrected chi connectivity index (χ2v) is 2.79. The highest BCUT2D eigenvalue weighted by Gasteiger charge is 2.02. The number of ether oxygens (including phenoxy) is 1. The molecule has 0 rings (SSSR count). The lowest BCUT2D eigenvalue weighted by atomic mass is 9.99. The van der Waals surface area contributed by atoms with E-state index in [-0.39, 0.29) is 5.92 Å². The van der Waals surface area contributed by atoms with E-state index in [2.05, 4.69) is 30.4 Å². The highest BCUT2D eigenvalue weighted by atomic mass is 16.5. The normalized spacial score (nSPS) is 11.7. The van der Waals surface area contributed by atoms with Gasteiger partial charge in [0.25, 0.3) is 0 Å². The maximum Gasteiger partial charge on any atom is 0.384 e. The van der Waals surface area contributed by atoms with Crippen molar-refractivity contribution in [2.75, 3.05) is 7.11 Å². The van der Waals surface area contributed by atoms with Crippen LogP contribution in [-0.4, -0.2) is 13.1 Å². The zero-order chi connectivity index (χ0) is 8.85. The summed E-state index contributed by atoms with van der Waals surface area (Å²) in [5.74, 6) is 5.47. The van der Waals surface area contributed by atoms with Gasteiger partial charge in [-0.05, 0) is 5.92 Å². The predicted molar refractivity (Wildman–Crippen MR) is 43.8 cm³/mol. The molecule has 1 atom stereocenters. The fourth-order valence-corrected chi connectivity index (χ4v) is 0.390. The number of esters is 1.